The number of anilines is 1. The summed E-state index contributed by atoms with van der Waals surface area (Å²) in [5.74, 6) is -0.111. The highest BCUT2D eigenvalue weighted by atomic mass is 32.1. The van der Waals surface area contributed by atoms with E-state index >= 15 is 0 Å². The lowest BCUT2D eigenvalue weighted by molar-refractivity contribution is -0.120. The first kappa shape index (κ1) is 19.5. The number of rotatable bonds is 7. The minimum atomic E-state index is -0.0982. The number of aromatic nitrogens is 1. The van der Waals surface area contributed by atoms with Crippen LogP contribution in [-0.2, 0) is 20.7 Å². The molecular formula is C19H24N4O3S. The normalized spacial score (nSPS) is 14.7. The third-order valence-electron chi connectivity index (χ3n) is 4.20. The summed E-state index contributed by atoms with van der Waals surface area (Å²) >= 11 is 1.51. The first-order valence-electron chi connectivity index (χ1n) is 8.99. The van der Waals surface area contributed by atoms with Crippen molar-refractivity contribution in [1.82, 2.24) is 15.2 Å². The Morgan fingerprint density at radius 3 is 2.67 bits per heavy atom. The highest BCUT2D eigenvalue weighted by molar-refractivity contribution is 7.13. The Balaban J connectivity index is 1.46. The van der Waals surface area contributed by atoms with Gasteiger partial charge in [-0.3, -0.25) is 14.5 Å². The molecule has 0 unspecified atom stereocenters. The largest absolute Gasteiger partial charge is 0.379 e. The molecule has 144 valence electrons. The second-order valence-corrected chi connectivity index (χ2v) is 7.24. The van der Waals surface area contributed by atoms with E-state index in [4.69, 9.17) is 4.74 Å². The van der Waals surface area contributed by atoms with Crippen molar-refractivity contribution >= 4 is 28.8 Å². The molecule has 2 heterocycles. The number of morpholine rings is 1. The van der Waals surface area contributed by atoms with Crippen LogP contribution in [0, 0.1) is 0 Å². The molecule has 1 aliphatic rings. The average Bonchev–Trinajstić information content (AvgIpc) is 3.11. The molecule has 0 aliphatic carbocycles. The van der Waals surface area contributed by atoms with Crippen molar-refractivity contribution < 1.29 is 14.3 Å². The van der Waals surface area contributed by atoms with Crippen LogP contribution < -0.4 is 10.6 Å². The zero-order valence-corrected chi connectivity index (χ0v) is 16.2. The van der Waals surface area contributed by atoms with Crippen molar-refractivity contribution in [2.24, 2.45) is 0 Å². The molecule has 1 aromatic heterocycles. The molecule has 8 heteroatoms. The Bertz CT molecular complexity index is 770. The summed E-state index contributed by atoms with van der Waals surface area (Å²) in [4.78, 5) is 30.0. The van der Waals surface area contributed by atoms with Gasteiger partial charge >= 0.3 is 0 Å². The highest BCUT2D eigenvalue weighted by Crippen LogP contribution is 2.25. The van der Waals surface area contributed by atoms with Crippen molar-refractivity contribution in [3.63, 3.8) is 0 Å². The highest BCUT2D eigenvalue weighted by Gasteiger charge is 2.12. The summed E-state index contributed by atoms with van der Waals surface area (Å²) in [6, 6.07) is 7.51. The van der Waals surface area contributed by atoms with E-state index in [0.717, 1.165) is 54.8 Å². The van der Waals surface area contributed by atoms with E-state index in [1.807, 2.05) is 29.6 Å². The third-order valence-corrected chi connectivity index (χ3v) is 5.14. The third kappa shape index (κ3) is 6.13. The van der Waals surface area contributed by atoms with Crippen LogP contribution in [0.4, 0.5) is 5.69 Å². The van der Waals surface area contributed by atoms with Crippen molar-refractivity contribution in [2.45, 2.75) is 13.3 Å². The Hall–Kier alpha value is -2.29. The lowest BCUT2D eigenvalue weighted by atomic mass is 10.2. The average molecular weight is 388 g/mol. The van der Waals surface area contributed by atoms with Crippen LogP contribution >= 0.6 is 11.3 Å². The van der Waals surface area contributed by atoms with Crippen LogP contribution in [0.15, 0.2) is 29.6 Å². The number of nitrogens with zero attached hydrogens (tertiary/aromatic N) is 2. The Morgan fingerprint density at radius 1 is 1.22 bits per heavy atom. The molecule has 1 aliphatic heterocycles. The number of carbonyl (C=O) groups excluding carboxylic acids is 2. The fourth-order valence-electron chi connectivity index (χ4n) is 2.83. The number of benzene rings is 1. The number of hydrogen-bond acceptors (Lipinski definition) is 6. The van der Waals surface area contributed by atoms with Crippen LogP contribution in [0.5, 0.6) is 0 Å². The molecular weight excluding hydrogens is 364 g/mol. The Kier molecular flexibility index (Phi) is 6.92. The van der Waals surface area contributed by atoms with Gasteiger partial charge in [0.05, 0.1) is 25.3 Å². The summed E-state index contributed by atoms with van der Waals surface area (Å²) in [6.07, 6.45) is 0.281. The topological polar surface area (TPSA) is 83.6 Å². The summed E-state index contributed by atoms with van der Waals surface area (Å²) in [5, 5.41) is 8.47. The first-order chi connectivity index (χ1) is 13.1. The lowest BCUT2D eigenvalue weighted by Crippen LogP contribution is -2.41. The maximum Gasteiger partial charge on any atom is 0.226 e. The molecule has 0 spiro atoms. The fourth-order valence-corrected chi connectivity index (χ4v) is 3.65. The molecule has 0 saturated carbocycles. The molecule has 1 aromatic carbocycles. The molecule has 2 amide bonds. The van der Waals surface area contributed by atoms with Gasteiger partial charge < -0.3 is 15.4 Å². The van der Waals surface area contributed by atoms with Gasteiger partial charge in [-0.1, -0.05) is 0 Å². The van der Waals surface area contributed by atoms with E-state index in [2.05, 4.69) is 20.5 Å². The molecule has 0 bridgehead atoms. The summed E-state index contributed by atoms with van der Waals surface area (Å²) in [5.41, 5.74) is 2.49. The van der Waals surface area contributed by atoms with Crippen LogP contribution in [0.2, 0.25) is 0 Å². The van der Waals surface area contributed by atoms with Crippen LogP contribution in [0.25, 0.3) is 10.6 Å². The number of amides is 2. The molecule has 0 atom stereocenters. The van der Waals surface area contributed by atoms with Crippen LogP contribution in [0.1, 0.15) is 12.6 Å². The fraction of sp³-hybridized carbons (Fsp3) is 0.421. The van der Waals surface area contributed by atoms with E-state index in [-0.39, 0.29) is 18.2 Å². The Labute approximate surface area is 162 Å². The standard InChI is InChI=1S/C19H24N4O3S/c1-14(24)21-16-4-2-15(3-5-16)19-22-17(13-27-19)12-18(25)20-6-7-23-8-10-26-11-9-23/h2-5,13H,6-12H2,1H3,(H,20,25)(H,21,24). The van der Waals surface area contributed by atoms with Gasteiger partial charge in [-0.15, -0.1) is 11.3 Å². The van der Waals surface area contributed by atoms with E-state index < -0.39 is 0 Å². The number of hydrogen-bond donors (Lipinski definition) is 2. The molecule has 2 aromatic rings. The van der Waals surface area contributed by atoms with Crippen molar-refractivity contribution in [2.75, 3.05) is 44.7 Å². The monoisotopic (exact) mass is 388 g/mol. The van der Waals surface area contributed by atoms with E-state index in [9.17, 15) is 9.59 Å². The SMILES string of the molecule is CC(=O)Nc1ccc(-c2nc(CC(=O)NCCN3CCOCC3)cs2)cc1. The van der Waals surface area contributed by atoms with Gasteiger partial charge in [-0.25, -0.2) is 4.98 Å². The molecule has 2 N–H and O–H groups in total. The predicted molar refractivity (Wildman–Crippen MR) is 106 cm³/mol. The zero-order chi connectivity index (χ0) is 19.1. The van der Waals surface area contributed by atoms with Gasteiger partial charge in [-0.05, 0) is 24.3 Å². The number of carbonyl (C=O) groups is 2. The van der Waals surface area contributed by atoms with Crippen LogP contribution in [0.3, 0.4) is 0 Å². The zero-order valence-electron chi connectivity index (χ0n) is 15.4. The van der Waals surface area contributed by atoms with Crippen molar-refractivity contribution in [3.05, 3.63) is 35.3 Å². The summed E-state index contributed by atoms with van der Waals surface area (Å²) < 4.78 is 5.31. The smallest absolute Gasteiger partial charge is 0.226 e. The van der Waals surface area contributed by atoms with Gasteiger partial charge in [0.2, 0.25) is 11.8 Å². The van der Waals surface area contributed by atoms with Crippen molar-refractivity contribution in [3.8, 4) is 10.6 Å². The van der Waals surface area contributed by atoms with E-state index in [1.165, 1.54) is 18.3 Å². The summed E-state index contributed by atoms with van der Waals surface area (Å²) in [7, 11) is 0. The van der Waals surface area contributed by atoms with Gasteiger partial charge in [0, 0.05) is 49.7 Å². The molecule has 27 heavy (non-hydrogen) atoms. The number of ether oxygens (including phenoxy) is 1. The minimum Gasteiger partial charge on any atom is -0.379 e. The van der Waals surface area contributed by atoms with E-state index in [0.29, 0.717) is 6.54 Å². The quantitative estimate of drug-likeness (QED) is 0.755. The van der Waals surface area contributed by atoms with Crippen molar-refractivity contribution in [1.29, 1.82) is 0 Å². The van der Waals surface area contributed by atoms with Gasteiger partial charge in [0.25, 0.3) is 0 Å². The van der Waals surface area contributed by atoms with E-state index in [1.54, 1.807) is 0 Å². The molecule has 1 fully saturated rings. The molecule has 7 nitrogen and oxygen atoms in total. The molecule has 0 radical (unpaired) electrons. The predicted octanol–water partition coefficient (Wildman–Crippen LogP) is 1.76. The second kappa shape index (κ2) is 9.59. The van der Waals surface area contributed by atoms with Gasteiger partial charge in [0.1, 0.15) is 5.01 Å². The van der Waals surface area contributed by atoms with Gasteiger partial charge in [0.15, 0.2) is 0 Å². The minimum absolute atomic E-state index is 0.0129. The summed E-state index contributed by atoms with van der Waals surface area (Å²) in [6.45, 7) is 6.34. The first-order valence-corrected chi connectivity index (χ1v) is 9.87. The van der Waals surface area contributed by atoms with Gasteiger partial charge in [-0.2, -0.15) is 0 Å². The van der Waals surface area contributed by atoms with Crippen LogP contribution in [-0.4, -0.2) is 61.1 Å². The lowest BCUT2D eigenvalue weighted by Gasteiger charge is -2.26. The maximum atomic E-state index is 12.1. The maximum absolute atomic E-state index is 12.1. The molecule has 3 rings (SSSR count). The number of thiazole rings is 1. The number of nitrogens with one attached hydrogen (secondary N) is 2. The second-order valence-electron chi connectivity index (χ2n) is 6.38. The Morgan fingerprint density at radius 2 is 1.96 bits per heavy atom. The molecule has 1 saturated heterocycles.